The van der Waals surface area contributed by atoms with Crippen LogP contribution in [-0.2, 0) is 10.0 Å². The lowest BCUT2D eigenvalue weighted by Gasteiger charge is -2.17. The molecule has 0 aliphatic heterocycles. The van der Waals surface area contributed by atoms with Crippen LogP contribution in [0.4, 0.5) is 11.4 Å². The van der Waals surface area contributed by atoms with Crippen molar-refractivity contribution in [3.05, 3.63) is 88.9 Å². The molecule has 0 heterocycles. The minimum absolute atomic E-state index is 0.0286. The summed E-state index contributed by atoms with van der Waals surface area (Å²) in [5.41, 5.74) is 2.80. The molecule has 0 radical (unpaired) electrons. The smallest absolute Gasteiger partial charge is 0.255 e. The summed E-state index contributed by atoms with van der Waals surface area (Å²) < 4.78 is 27.1. The first-order valence-corrected chi connectivity index (χ1v) is 12.2. The van der Waals surface area contributed by atoms with Crippen LogP contribution in [0.5, 0.6) is 0 Å². The Morgan fingerprint density at radius 1 is 1.00 bits per heavy atom. The van der Waals surface area contributed by atoms with E-state index in [-0.39, 0.29) is 22.9 Å². The number of carbonyl (C=O) groups is 1. The monoisotopic (exact) mass is 469 g/mol. The molecule has 0 spiro atoms. The van der Waals surface area contributed by atoms with Gasteiger partial charge in [-0.1, -0.05) is 41.9 Å². The van der Waals surface area contributed by atoms with Crippen molar-refractivity contribution in [1.82, 2.24) is 4.72 Å². The Bertz CT molecular complexity index is 1210. The maximum atomic E-state index is 12.6. The predicted octanol–water partition coefficient (Wildman–Crippen LogP) is 5.21. The Kier molecular flexibility index (Phi) is 6.50. The summed E-state index contributed by atoms with van der Waals surface area (Å²) in [5, 5.41) is 6.65. The Morgan fingerprint density at radius 2 is 1.69 bits per heavy atom. The highest BCUT2D eigenvalue weighted by Crippen LogP contribution is 2.29. The summed E-state index contributed by atoms with van der Waals surface area (Å²) >= 11 is 6.42. The van der Waals surface area contributed by atoms with E-state index in [0.29, 0.717) is 16.3 Å². The van der Waals surface area contributed by atoms with Gasteiger partial charge in [-0.25, -0.2) is 13.1 Å². The number of halogens is 1. The van der Waals surface area contributed by atoms with Gasteiger partial charge in [-0.3, -0.25) is 4.79 Å². The van der Waals surface area contributed by atoms with Gasteiger partial charge in [-0.2, -0.15) is 0 Å². The molecule has 3 N–H and O–H groups in total. The molecule has 0 saturated heterocycles. The summed E-state index contributed by atoms with van der Waals surface area (Å²) in [5.74, 6) is -0.349. The molecule has 1 atom stereocenters. The maximum absolute atomic E-state index is 12.6. The van der Waals surface area contributed by atoms with Gasteiger partial charge in [0, 0.05) is 23.3 Å². The Balaban J connectivity index is 1.40. The summed E-state index contributed by atoms with van der Waals surface area (Å²) in [6.07, 6.45) is 1.73. The molecule has 1 saturated carbocycles. The third-order valence-electron chi connectivity index (χ3n) is 5.22. The molecule has 3 aromatic carbocycles. The normalized spacial score (nSPS) is 14.6. The van der Waals surface area contributed by atoms with Crippen LogP contribution in [0, 0.1) is 0 Å². The Morgan fingerprint density at radius 3 is 2.31 bits per heavy atom. The van der Waals surface area contributed by atoms with Crippen LogP contribution in [0.25, 0.3) is 0 Å². The molecule has 1 aliphatic rings. The van der Waals surface area contributed by atoms with Crippen LogP contribution in [0.15, 0.2) is 77.7 Å². The number of hydrogen-bond acceptors (Lipinski definition) is 4. The van der Waals surface area contributed by atoms with Crippen LogP contribution >= 0.6 is 11.6 Å². The topological polar surface area (TPSA) is 87.3 Å². The molecule has 0 unspecified atom stereocenters. The fourth-order valence-corrected chi connectivity index (χ4v) is 4.79. The molecule has 1 amide bonds. The van der Waals surface area contributed by atoms with Gasteiger partial charge >= 0.3 is 0 Å². The molecule has 6 nitrogen and oxygen atoms in total. The van der Waals surface area contributed by atoms with Crippen molar-refractivity contribution in [2.75, 3.05) is 10.6 Å². The number of anilines is 2. The molecule has 166 valence electrons. The zero-order valence-corrected chi connectivity index (χ0v) is 19.1. The Labute approximate surface area is 193 Å². The highest BCUT2D eigenvalue weighted by Gasteiger charge is 2.28. The van der Waals surface area contributed by atoms with Crippen LogP contribution in [0.1, 0.15) is 41.7 Å². The first-order valence-electron chi connectivity index (χ1n) is 10.4. The second-order valence-electron chi connectivity index (χ2n) is 7.85. The van der Waals surface area contributed by atoms with Gasteiger partial charge < -0.3 is 10.6 Å². The van der Waals surface area contributed by atoms with Crippen LogP contribution in [0.3, 0.4) is 0 Å². The highest BCUT2D eigenvalue weighted by molar-refractivity contribution is 7.89. The number of rotatable bonds is 8. The molecular weight excluding hydrogens is 446 g/mol. The number of carbonyl (C=O) groups excluding carboxylic acids is 1. The lowest BCUT2D eigenvalue weighted by atomic mass is 10.1. The van der Waals surface area contributed by atoms with Crippen molar-refractivity contribution in [3.63, 3.8) is 0 Å². The van der Waals surface area contributed by atoms with E-state index >= 15 is 0 Å². The minimum atomic E-state index is -3.55. The number of benzene rings is 3. The molecule has 8 heteroatoms. The van der Waals surface area contributed by atoms with E-state index < -0.39 is 10.0 Å². The Hall–Kier alpha value is -2.87. The molecule has 4 rings (SSSR count). The van der Waals surface area contributed by atoms with Gasteiger partial charge in [0.15, 0.2) is 0 Å². The molecular formula is C24H24ClN3O3S. The number of amides is 1. The highest BCUT2D eigenvalue weighted by atomic mass is 35.5. The fraction of sp³-hybridized carbons (Fsp3) is 0.208. The quantitative estimate of drug-likeness (QED) is 0.422. The van der Waals surface area contributed by atoms with Crippen LogP contribution in [0.2, 0.25) is 5.02 Å². The number of nitrogens with one attached hydrogen (secondary N) is 3. The zero-order chi connectivity index (χ0) is 22.7. The lowest BCUT2D eigenvalue weighted by molar-refractivity contribution is 0.102. The molecule has 1 fully saturated rings. The van der Waals surface area contributed by atoms with Gasteiger partial charge in [-0.15, -0.1) is 0 Å². The molecule has 0 aromatic heterocycles. The van der Waals surface area contributed by atoms with Crippen molar-refractivity contribution >= 4 is 38.9 Å². The van der Waals surface area contributed by atoms with E-state index in [4.69, 9.17) is 11.6 Å². The summed E-state index contributed by atoms with van der Waals surface area (Å²) in [6.45, 7) is 2.05. The van der Waals surface area contributed by atoms with Gasteiger partial charge in [0.1, 0.15) is 0 Å². The van der Waals surface area contributed by atoms with Gasteiger partial charge in [-0.05, 0) is 67.8 Å². The molecule has 0 bridgehead atoms. The van der Waals surface area contributed by atoms with Crippen molar-refractivity contribution in [2.45, 2.75) is 36.7 Å². The van der Waals surface area contributed by atoms with E-state index in [1.54, 1.807) is 12.1 Å². The minimum Gasteiger partial charge on any atom is -0.377 e. The average molecular weight is 470 g/mol. The van der Waals surface area contributed by atoms with E-state index in [1.807, 2.05) is 43.3 Å². The summed E-state index contributed by atoms with van der Waals surface area (Å²) in [4.78, 5) is 12.7. The van der Waals surface area contributed by atoms with Crippen molar-refractivity contribution < 1.29 is 13.2 Å². The second-order valence-corrected chi connectivity index (χ2v) is 9.97. The largest absolute Gasteiger partial charge is 0.377 e. The van der Waals surface area contributed by atoms with E-state index in [0.717, 1.165) is 24.1 Å². The lowest BCUT2D eigenvalue weighted by Crippen LogP contribution is -2.25. The van der Waals surface area contributed by atoms with Gasteiger partial charge in [0.05, 0.1) is 15.6 Å². The summed E-state index contributed by atoms with van der Waals surface area (Å²) in [7, 11) is -3.55. The molecule has 1 aliphatic carbocycles. The third kappa shape index (κ3) is 5.48. The van der Waals surface area contributed by atoms with Crippen molar-refractivity contribution in [2.24, 2.45) is 0 Å². The van der Waals surface area contributed by atoms with E-state index in [1.165, 1.54) is 24.3 Å². The molecule has 32 heavy (non-hydrogen) atoms. The molecule has 3 aromatic rings. The standard InChI is InChI=1S/C24H24ClN3O3S/c1-16(17-5-3-2-4-6-17)26-23-14-11-20(15-22(23)25)27-24(29)18-7-12-21(13-8-18)32(30,31)28-19-9-10-19/h2-8,11-16,19,26,28H,9-10H2,1H3,(H,27,29)/t16-/m0/s1. The summed E-state index contributed by atoms with van der Waals surface area (Å²) in [6, 6.07) is 21.2. The van der Waals surface area contributed by atoms with Crippen LogP contribution in [-0.4, -0.2) is 20.4 Å². The van der Waals surface area contributed by atoms with Crippen molar-refractivity contribution in [1.29, 1.82) is 0 Å². The number of sulfonamides is 1. The SMILES string of the molecule is C[C@H](Nc1ccc(NC(=O)c2ccc(S(=O)(=O)NC3CC3)cc2)cc1Cl)c1ccccc1. The fourth-order valence-electron chi connectivity index (χ4n) is 3.25. The third-order valence-corrected chi connectivity index (χ3v) is 7.07. The second kappa shape index (κ2) is 9.32. The number of hydrogen-bond donors (Lipinski definition) is 3. The van der Waals surface area contributed by atoms with Gasteiger partial charge in [0.25, 0.3) is 5.91 Å². The first-order chi connectivity index (χ1) is 15.3. The average Bonchev–Trinajstić information content (AvgIpc) is 3.59. The van der Waals surface area contributed by atoms with E-state index in [9.17, 15) is 13.2 Å². The first kappa shape index (κ1) is 22.3. The van der Waals surface area contributed by atoms with Gasteiger partial charge in [0.2, 0.25) is 10.0 Å². The van der Waals surface area contributed by atoms with Crippen LogP contribution < -0.4 is 15.4 Å². The van der Waals surface area contributed by atoms with E-state index in [2.05, 4.69) is 15.4 Å². The predicted molar refractivity (Wildman–Crippen MR) is 128 cm³/mol. The maximum Gasteiger partial charge on any atom is 0.255 e. The van der Waals surface area contributed by atoms with Crippen molar-refractivity contribution in [3.8, 4) is 0 Å². The zero-order valence-electron chi connectivity index (χ0n) is 17.5.